The molecule has 1 amide bonds. The molecule has 0 spiro atoms. The second kappa shape index (κ2) is 6.16. The molecule has 1 aromatic rings. The molecule has 3 rings (SSSR count). The van der Waals surface area contributed by atoms with Crippen LogP contribution in [0.2, 0.25) is 0 Å². The predicted octanol–water partition coefficient (Wildman–Crippen LogP) is 2.40. The molecule has 4 heteroatoms. The first kappa shape index (κ1) is 13.3. The summed E-state index contributed by atoms with van der Waals surface area (Å²) in [6.07, 6.45) is 4.86. The largest absolute Gasteiger partial charge is 0.490 e. The number of nitrogens with zero attached hydrogens (tertiary/aromatic N) is 1. The molecule has 0 aromatic heterocycles. The quantitative estimate of drug-likeness (QED) is 0.832. The Morgan fingerprint density at radius 2 is 1.75 bits per heavy atom. The van der Waals surface area contributed by atoms with Gasteiger partial charge in [0.25, 0.3) is 0 Å². The molecule has 1 aromatic carbocycles. The number of carbonyl (C=O) groups excluding carboxylic acids is 1. The molecular formula is C16H21NO3. The fraction of sp³-hybridized carbons (Fsp3) is 0.562. The van der Waals surface area contributed by atoms with Gasteiger partial charge in [-0.3, -0.25) is 4.79 Å². The summed E-state index contributed by atoms with van der Waals surface area (Å²) in [5, 5.41) is 0. The van der Waals surface area contributed by atoms with Crippen LogP contribution in [0.3, 0.4) is 0 Å². The van der Waals surface area contributed by atoms with Crippen LogP contribution >= 0.6 is 0 Å². The molecule has 20 heavy (non-hydrogen) atoms. The van der Waals surface area contributed by atoms with E-state index in [0.29, 0.717) is 19.6 Å². The zero-order valence-electron chi connectivity index (χ0n) is 11.8. The van der Waals surface area contributed by atoms with Gasteiger partial charge in [0.05, 0.1) is 19.6 Å². The fourth-order valence-corrected chi connectivity index (χ4v) is 2.75. The van der Waals surface area contributed by atoms with Gasteiger partial charge in [-0.25, -0.2) is 0 Å². The van der Waals surface area contributed by atoms with Crippen LogP contribution in [0, 0.1) is 0 Å². The lowest BCUT2D eigenvalue weighted by Gasteiger charge is -2.26. The number of rotatable bonds is 2. The van der Waals surface area contributed by atoms with Crippen molar-refractivity contribution in [3.63, 3.8) is 0 Å². The lowest BCUT2D eigenvalue weighted by Crippen LogP contribution is -2.36. The summed E-state index contributed by atoms with van der Waals surface area (Å²) in [6, 6.07) is 5.83. The Morgan fingerprint density at radius 1 is 1.00 bits per heavy atom. The summed E-state index contributed by atoms with van der Waals surface area (Å²) >= 11 is 0. The standard InChI is InChI=1S/C16H21NO3/c18-16(17-7-2-1-3-8-17)12-13-5-6-14-15(11-13)20-10-4-9-19-14/h5-6,11H,1-4,7-10,12H2. The van der Waals surface area contributed by atoms with E-state index in [1.807, 2.05) is 23.1 Å². The third kappa shape index (κ3) is 3.06. The van der Waals surface area contributed by atoms with Crippen LogP contribution in [0.5, 0.6) is 11.5 Å². The summed E-state index contributed by atoms with van der Waals surface area (Å²) in [7, 11) is 0. The van der Waals surface area contributed by atoms with Crippen LogP contribution in [0.1, 0.15) is 31.2 Å². The van der Waals surface area contributed by atoms with E-state index in [4.69, 9.17) is 9.47 Å². The first-order valence-electron chi connectivity index (χ1n) is 7.49. The van der Waals surface area contributed by atoms with Gasteiger partial charge in [-0.2, -0.15) is 0 Å². The monoisotopic (exact) mass is 275 g/mol. The van der Waals surface area contributed by atoms with Crippen LogP contribution in [-0.2, 0) is 11.2 Å². The smallest absolute Gasteiger partial charge is 0.226 e. The number of fused-ring (bicyclic) bond motifs is 1. The summed E-state index contributed by atoms with van der Waals surface area (Å²) in [5.74, 6) is 1.78. The third-order valence-electron chi connectivity index (χ3n) is 3.88. The molecule has 2 heterocycles. The van der Waals surface area contributed by atoms with Crippen LogP contribution in [0.25, 0.3) is 0 Å². The summed E-state index contributed by atoms with van der Waals surface area (Å²) in [4.78, 5) is 14.2. The minimum atomic E-state index is 0.221. The summed E-state index contributed by atoms with van der Waals surface area (Å²) < 4.78 is 11.3. The Kier molecular flexibility index (Phi) is 4.09. The van der Waals surface area contributed by atoms with E-state index in [1.165, 1.54) is 6.42 Å². The van der Waals surface area contributed by atoms with Gasteiger partial charge in [0.2, 0.25) is 5.91 Å². The number of piperidine rings is 1. The van der Waals surface area contributed by atoms with Gasteiger partial charge in [-0.05, 0) is 37.0 Å². The summed E-state index contributed by atoms with van der Waals surface area (Å²) in [5.41, 5.74) is 1.00. The van der Waals surface area contributed by atoms with Crippen LogP contribution in [0.4, 0.5) is 0 Å². The number of ether oxygens (including phenoxy) is 2. The molecule has 0 N–H and O–H groups in total. The van der Waals surface area contributed by atoms with Gasteiger partial charge in [0, 0.05) is 19.5 Å². The van der Waals surface area contributed by atoms with Crippen molar-refractivity contribution in [1.82, 2.24) is 4.90 Å². The minimum Gasteiger partial charge on any atom is -0.490 e. The SMILES string of the molecule is O=C(Cc1ccc2c(c1)OCCCO2)N1CCCCC1. The van der Waals surface area contributed by atoms with Crippen molar-refractivity contribution in [3.8, 4) is 11.5 Å². The molecular weight excluding hydrogens is 254 g/mol. The topological polar surface area (TPSA) is 38.8 Å². The van der Waals surface area contributed by atoms with Crippen molar-refractivity contribution < 1.29 is 14.3 Å². The molecule has 0 bridgehead atoms. The molecule has 108 valence electrons. The number of benzene rings is 1. The molecule has 0 aliphatic carbocycles. The average Bonchev–Trinajstić information content (AvgIpc) is 2.73. The zero-order valence-corrected chi connectivity index (χ0v) is 11.8. The van der Waals surface area contributed by atoms with E-state index < -0.39 is 0 Å². The van der Waals surface area contributed by atoms with Gasteiger partial charge in [-0.1, -0.05) is 6.07 Å². The van der Waals surface area contributed by atoms with Gasteiger partial charge >= 0.3 is 0 Å². The van der Waals surface area contributed by atoms with Crippen molar-refractivity contribution in [2.45, 2.75) is 32.1 Å². The highest BCUT2D eigenvalue weighted by molar-refractivity contribution is 5.79. The molecule has 0 radical (unpaired) electrons. The number of hydrogen-bond donors (Lipinski definition) is 0. The minimum absolute atomic E-state index is 0.221. The second-order valence-electron chi connectivity index (χ2n) is 5.45. The Hall–Kier alpha value is -1.71. The van der Waals surface area contributed by atoms with E-state index in [9.17, 15) is 4.79 Å². The average molecular weight is 275 g/mol. The van der Waals surface area contributed by atoms with E-state index in [2.05, 4.69) is 0 Å². The fourth-order valence-electron chi connectivity index (χ4n) is 2.75. The van der Waals surface area contributed by atoms with Crippen LogP contribution in [0.15, 0.2) is 18.2 Å². The zero-order chi connectivity index (χ0) is 13.8. The van der Waals surface area contributed by atoms with Crippen molar-refractivity contribution in [1.29, 1.82) is 0 Å². The van der Waals surface area contributed by atoms with Crippen molar-refractivity contribution in [2.75, 3.05) is 26.3 Å². The highest BCUT2D eigenvalue weighted by atomic mass is 16.5. The Balaban J connectivity index is 1.68. The van der Waals surface area contributed by atoms with Crippen molar-refractivity contribution >= 4 is 5.91 Å². The molecule has 1 saturated heterocycles. The molecule has 0 saturated carbocycles. The number of carbonyl (C=O) groups is 1. The summed E-state index contributed by atoms with van der Waals surface area (Å²) in [6.45, 7) is 3.18. The first-order chi connectivity index (χ1) is 9.83. The van der Waals surface area contributed by atoms with Gasteiger partial charge in [0.15, 0.2) is 11.5 Å². The highest BCUT2D eigenvalue weighted by Gasteiger charge is 2.18. The van der Waals surface area contributed by atoms with Gasteiger partial charge in [-0.15, -0.1) is 0 Å². The normalized spacial score (nSPS) is 18.5. The maximum atomic E-state index is 12.3. The first-order valence-corrected chi connectivity index (χ1v) is 7.49. The van der Waals surface area contributed by atoms with Crippen LogP contribution in [-0.4, -0.2) is 37.1 Å². The lowest BCUT2D eigenvalue weighted by molar-refractivity contribution is -0.131. The van der Waals surface area contributed by atoms with Crippen LogP contribution < -0.4 is 9.47 Å². The van der Waals surface area contributed by atoms with E-state index >= 15 is 0 Å². The molecule has 1 fully saturated rings. The van der Waals surface area contributed by atoms with E-state index in [-0.39, 0.29) is 5.91 Å². The predicted molar refractivity (Wildman–Crippen MR) is 76.2 cm³/mol. The third-order valence-corrected chi connectivity index (χ3v) is 3.88. The second-order valence-corrected chi connectivity index (χ2v) is 5.45. The molecule has 0 atom stereocenters. The molecule has 2 aliphatic rings. The number of likely N-dealkylation sites (tertiary alicyclic amines) is 1. The molecule has 4 nitrogen and oxygen atoms in total. The number of amides is 1. The van der Waals surface area contributed by atoms with Gasteiger partial charge < -0.3 is 14.4 Å². The van der Waals surface area contributed by atoms with E-state index in [0.717, 1.165) is 49.4 Å². The molecule has 0 unspecified atom stereocenters. The maximum absolute atomic E-state index is 12.3. The van der Waals surface area contributed by atoms with E-state index in [1.54, 1.807) is 0 Å². The Bertz CT molecular complexity index is 481. The molecule has 2 aliphatic heterocycles. The van der Waals surface area contributed by atoms with Crippen molar-refractivity contribution in [2.24, 2.45) is 0 Å². The van der Waals surface area contributed by atoms with Crippen molar-refractivity contribution in [3.05, 3.63) is 23.8 Å². The Morgan fingerprint density at radius 3 is 2.55 bits per heavy atom. The lowest BCUT2D eigenvalue weighted by atomic mass is 10.1. The van der Waals surface area contributed by atoms with Gasteiger partial charge in [0.1, 0.15) is 0 Å². The number of hydrogen-bond acceptors (Lipinski definition) is 3. The highest BCUT2D eigenvalue weighted by Crippen LogP contribution is 2.30. The maximum Gasteiger partial charge on any atom is 0.226 e. The Labute approximate surface area is 119 Å².